The molecule has 1 aromatic heterocycles. The van der Waals surface area contributed by atoms with Crippen LogP contribution in [0.25, 0.3) is 0 Å². The number of ketones is 1. The summed E-state index contributed by atoms with van der Waals surface area (Å²) in [6.07, 6.45) is 1.70. The molecule has 0 aliphatic carbocycles. The molecule has 92 valence electrons. The number of carbonyl (C=O) groups is 1. The zero-order valence-corrected chi connectivity index (χ0v) is 11.6. The van der Waals surface area contributed by atoms with Crippen molar-refractivity contribution in [1.29, 1.82) is 0 Å². The topological polar surface area (TPSA) is 30.0 Å². The summed E-state index contributed by atoms with van der Waals surface area (Å²) in [6, 6.07) is 10.5. The summed E-state index contributed by atoms with van der Waals surface area (Å²) in [5, 5.41) is 1.72. The van der Waals surface area contributed by atoms with Gasteiger partial charge in [-0.2, -0.15) is 0 Å². The van der Waals surface area contributed by atoms with Crippen molar-refractivity contribution in [2.24, 2.45) is 0 Å². The molecule has 1 heterocycles. The van der Waals surface area contributed by atoms with Crippen molar-refractivity contribution in [2.75, 3.05) is 5.75 Å². The molecule has 0 radical (unpaired) electrons. The quantitative estimate of drug-likeness (QED) is 0.620. The molecule has 0 N–H and O–H groups in total. The van der Waals surface area contributed by atoms with E-state index in [-0.39, 0.29) is 5.78 Å². The highest BCUT2D eigenvalue weighted by Crippen LogP contribution is 2.23. The van der Waals surface area contributed by atoms with E-state index < -0.39 is 0 Å². The van der Waals surface area contributed by atoms with E-state index in [0.717, 1.165) is 5.03 Å². The van der Waals surface area contributed by atoms with E-state index in [9.17, 15) is 4.79 Å². The monoisotopic (exact) mass is 297 g/mol. The summed E-state index contributed by atoms with van der Waals surface area (Å²) in [5.74, 6) is 0.269. The minimum atomic E-state index is -0.0349. The summed E-state index contributed by atoms with van der Waals surface area (Å²) in [6.45, 7) is 0. The molecule has 1 aromatic carbocycles. The minimum Gasteiger partial charge on any atom is -0.293 e. The van der Waals surface area contributed by atoms with Crippen LogP contribution < -0.4 is 0 Å². The number of hydrogen-bond donors (Lipinski definition) is 0. The van der Waals surface area contributed by atoms with Crippen LogP contribution in [-0.4, -0.2) is 16.5 Å². The Morgan fingerprint density at radius 2 is 2.06 bits per heavy atom. The maximum atomic E-state index is 12.0. The van der Waals surface area contributed by atoms with E-state index in [1.807, 2.05) is 18.2 Å². The lowest BCUT2D eigenvalue weighted by Crippen LogP contribution is -2.03. The molecule has 0 aliphatic rings. The first-order valence-corrected chi connectivity index (χ1v) is 6.93. The average molecular weight is 298 g/mol. The molecule has 0 fully saturated rings. The van der Waals surface area contributed by atoms with Crippen LogP contribution in [0, 0.1) is 0 Å². The highest BCUT2D eigenvalue weighted by atomic mass is 35.5. The van der Waals surface area contributed by atoms with Gasteiger partial charge in [-0.3, -0.25) is 4.79 Å². The van der Waals surface area contributed by atoms with E-state index in [1.54, 1.807) is 24.4 Å². The number of hydrogen-bond acceptors (Lipinski definition) is 3. The second kappa shape index (κ2) is 6.23. The van der Waals surface area contributed by atoms with E-state index in [0.29, 0.717) is 21.4 Å². The van der Waals surface area contributed by atoms with E-state index in [4.69, 9.17) is 23.2 Å². The lowest BCUT2D eigenvalue weighted by Gasteiger charge is -2.03. The van der Waals surface area contributed by atoms with Gasteiger partial charge in [0.15, 0.2) is 5.78 Å². The highest BCUT2D eigenvalue weighted by molar-refractivity contribution is 7.99. The van der Waals surface area contributed by atoms with Gasteiger partial charge in [-0.15, -0.1) is 0 Å². The van der Waals surface area contributed by atoms with Crippen LogP contribution in [-0.2, 0) is 0 Å². The van der Waals surface area contributed by atoms with Crippen molar-refractivity contribution >= 4 is 40.7 Å². The molecule has 0 unspecified atom stereocenters. The number of nitrogens with zero attached hydrogens (tertiary/aromatic N) is 1. The number of carbonyl (C=O) groups excluding carboxylic acids is 1. The second-order valence-corrected chi connectivity index (χ2v) is 5.34. The average Bonchev–Trinajstić information content (AvgIpc) is 2.37. The summed E-state index contributed by atoms with van der Waals surface area (Å²) < 4.78 is 0. The first-order chi connectivity index (χ1) is 8.66. The third kappa shape index (κ3) is 3.48. The van der Waals surface area contributed by atoms with Gasteiger partial charge >= 0.3 is 0 Å². The van der Waals surface area contributed by atoms with Gasteiger partial charge < -0.3 is 0 Å². The van der Waals surface area contributed by atoms with Gasteiger partial charge in [-0.05, 0) is 30.3 Å². The number of halogens is 2. The van der Waals surface area contributed by atoms with Crippen LogP contribution >= 0.6 is 35.0 Å². The van der Waals surface area contributed by atoms with Crippen molar-refractivity contribution in [3.63, 3.8) is 0 Å². The number of benzene rings is 1. The molecule has 2 rings (SSSR count). The first kappa shape index (κ1) is 13.4. The zero-order chi connectivity index (χ0) is 13.0. The molecule has 0 atom stereocenters. The summed E-state index contributed by atoms with van der Waals surface area (Å²) in [5.41, 5.74) is 0.490. The SMILES string of the molecule is O=C(CSc1ccccn1)c1ccc(Cl)cc1Cl. The zero-order valence-electron chi connectivity index (χ0n) is 9.27. The van der Waals surface area contributed by atoms with Gasteiger partial charge in [-0.1, -0.05) is 41.0 Å². The molecule has 2 aromatic rings. The van der Waals surface area contributed by atoms with Crippen LogP contribution in [0.5, 0.6) is 0 Å². The van der Waals surface area contributed by atoms with Crippen molar-refractivity contribution in [2.45, 2.75) is 5.03 Å². The molecular weight excluding hydrogens is 289 g/mol. The number of rotatable bonds is 4. The van der Waals surface area contributed by atoms with Crippen molar-refractivity contribution in [1.82, 2.24) is 4.98 Å². The molecule has 0 aliphatic heterocycles. The summed E-state index contributed by atoms with van der Waals surface area (Å²) in [4.78, 5) is 16.1. The van der Waals surface area contributed by atoms with Gasteiger partial charge in [0, 0.05) is 16.8 Å². The number of thioether (sulfide) groups is 1. The largest absolute Gasteiger partial charge is 0.293 e. The number of aromatic nitrogens is 1. The highest BCUT2D eigenvalue weighted by Gasteiger charge is 2.11. The van der Waals surface area contributed by atoms with E-state index in [2.05, 4.69) is 4.98 Å². The molecule has 0 saturated heterocycles. The summed E-state index contributed by atoms with van der Waals surface area (Å²) in [7, 11) is 0. The van der Waals surface area contributed by atoms with E-state index in [1.165, 1.54) is 11.8 Å². The number of pyridine rings is 1. The Hall–Kier alpha value is -1.03. The molecule has 5 heteroatoms. The molecule has 2 nitrogen and oxygen atoms in total. The van der Waals surface area contributed by atoms with Crippen molar-refractivity contribution < 1.29 is 4.79 Å². The van der Waals surface area contributed by atoms with Crippen molar-refractivity contribution in [3.8, 4) is 0 Å². The first-order valence-electron chi connectivity index (χ1n) is 5.19. The van der Waals surface area contributed by atoms with Crippen LogP contribution in [0.1, 0.15) is 10.4 Å². The molecule has 0 bridgehead atoms. The molecule has 0 spiro atoms. The van der Waals surface area contributed by atoms with Crippen LogP contribution in [0.4, 0.5) is 0 Å². The maximum absolute atomic E-state index is 12.0. The standard InChI is InChI=1S/C13H9Cl2NOS/c14-9-4-5-10(11(15)7-9)12(17)8-18-13-3-1-2-6-16-13/h1-7H,8H2. The van der Waals surface area contributed by atoms with Gasteiger partial charge in [0.25, 0.3) is 0 Å². The lowest BCUT2D eigenvalue weighted by molar-refractivity contribution is 0.102. The Morgan fingerprint density at radius 3 is 2.72 bits per heavy atom. The van der Waals surface area contributed by atoms with Gasteiger partial charge in [0.2, 0.25) is 0 Å². The second-order valence-electron chi connectivity index (χ2n) is 3.50. The Bertz CT molecular complexity index is 560. The van der Waals surface area contributed by atoms with Crippen LogP contribution in [0.3, 0.4) is 0 Å². The third-order valence-electron chi connectivity index (χ3n) is 2.22. The van der Waals surface area contributed by atoms with Gasteiger partial charge in [-0.25, -0.2) is 4.98 Å². The molecule has 0 saturated carbocycles. The Kier molecular flexibility index (Phi) is 4.64. The molecular formula is C13H9Cl2NOS. The van der Waals surface area contributed by atoms with Crippen LogP contribution in [0.15, 0.2) is 47.6 Å². The Balaban J connectivity index is 2.04. The normalized spacial score (nSPS) is 10.3. The molecule has 18 heavy (non-hydrogen) atoms. The molecule has 0 amide bonds. The van der Waals surface area contributed by atoms with Crippen LogP contribution in [0.2, 0.25) is 10.0 Å². The predicted molar refractivity (Wildman–Crippen MR) is 75.8 cm³/mol. The maximum Gasteiger partial charge on any atom is 0.174 e. The fraction of sp³-hybridized carbons (Fsp3) is 0.0769. The lowest BCUT2D eigenvalue weighted by atomic mass is 10.1. The van der Waals surface area contributed by atoms with Gasteiger partial charge in [0.05, 0.1) is 15.8 Å². The smallest absolute Gasteiger partial charge is 0.174 e. The predicted octanol–water partition coefficient (Wildman–Crippen LogP) is 4.36. The van der Waals surface area contributed by atoms with Crippen molar-refractivity contribution in [3.05, 3.63) is 58.2 Å². The Morgan fingerprint density at radius 1 is 1.22 bits per heavy atom. The number of Topliss-reactive ketones (excluding diaryl/α,β-unsaturated/α-hetero) is 1. The Labute approximate surface area is 119 Å². The minimum absolute atomic E-state index is 0.0349. The van der Waals surface area contributed by atoms with E-state index >= 15 is 0 Å². The van der Waals surface area contributed by atoms with Gasteiger partial charge in [0.1, 0.15) is 0 Å². The fourth-order valence-corrected chi connectivity index (χ4v) is 2.62. The fourth-order valence-electron chi connectivity index (χ4n) is 1.37. The summed E-state index contributed by atoms with van der Waals surface area (Å²) >= 11 is 13.1. The third-order valence-corrected chi connectivity index (χ3v) is 3.71.